The Morgan fingerprint density at radius 1 is 1.54 bits per heavy atom. The standard InChI is InChI=1S/C6H6N2O4S/c7-12-8-6(10)11-5(9)4-2-1-3-13-4/h1-3H,7H2,(H,8,10). The second kappa shape index (κ2) is 4.55. The molecule has 0 fully saturated rings. The predicted molar refractivity (Wildman–Crippen MR) is 43.5 cm³/mol. The molecule has 70 valence electrons. The molecule has 1 rings (SSSR count). The molecular formula is C6H6N2O4S. The number of esters is 1. The highest BCUT2D eigenvalue weighted by molar-refractivity contribution is 7.12. The molecule has 7 heteroatoms. The van der Waals surface area contributed by atoms with E-state index in [1.807, 2.05) is 0 Å². The normalized spacial score (nSPS) is 9.31. The zero-order valence-corrected chi connectivity index (χ0v) is 7.17. The highest BCUT2D eigenvalue weighted by atomic mass is 32.1. The lowest BCUT2D eigenvalue weighted by Crippen LogP contribution is -2.29. The van der Waals surface area contributed by atoms with Gasteiger partial charge in [0.15, 0.2) is 0 Å². The molecule has 13 heavy (non-hydrogen) atoms. The summed E-state index contributed by atoms with van der Waals surface area (Å²) in [5.74, 6) is 3.76. The fourth-order valence-corrected chi connectivity index (χ4v) is 1.20. The molecule has 0 atom stereocenters. The minimum absolute atomic E-state index is 0.326. The summed E-state index contributed by atoms with van der Waals surface area (Å²) in [6.45, 7) is 0. The minimum atomic E-state index is -1.05. The van der Waals surface area contributed by atoms with Gasteiger partial charge in [-0.3, -0.25) is 0 Å². The lowest BCUT2D eigenvalue weighted by Gasteiger charge is -1.99. The number of hydrogen-bond acceptors (Lipinski definition) is 6. The number of carbonyl (C=O) groups is 2. The molecule has 0 aliphatic rings. The molecule has 3 N–H and O–H groups in total. The summed E-state index contributed by atoms with van der Waals surface area (Å²) in [6.07, 6.45) is -1.05. The zero-order chi connectivity index (χ0) is 9.68. The third-order valence-corrected chi connectivity index (χ3v) is 1.90. The fourth-order valence-electron chi connectivity index (χ4n) is 0.598. The van der Waals surface area contributed by atoms with Gasteiger partial charge in [0.2, 0.25) is 0 Å². The molecule has 0 spiro atoms. The Bertz CT molecular complexity index is 298. The summed E-state index contributed by atoms with van der Waals surface area (Å²) in [7, 11) is 0. The van der Waals surface area contributed by atoms with Crippen LogP contribution in [0.15, 0.2) is 17.5 Å². The van der Waals surface area contributed by atoms with Gasteiger partial charge in [-0.15, -0.1) is 11.3 Å². The van der Waals surface area contributed by atoms with Crippen LogP contribution in [0.3, 0.4) is 0 Å². The van der Waals surface area contributed by atoms with Gasteiger partial charge in [-0.25, -0.2) is 9.59 Å². The van der Waals surface area contributed by atoms with E-state index in [0.717, 1.165) is 11.3 Å². The van der Waals surface area contributed by atoms with Gasteiger partial charge >= 0.3 is 12.1 Å². The molecule has 1 amide bonds. The van der Waals surface area contributed by atoms with Crippen LogP contribution in [-0.4, -0.2) is 12.1 Å². The first-order valence-corrected chi connectivity index (χ1v) is 4.03. The topological polar surface area (TPSA) is 90.7 Å². The molecule has 0 bridgehead atoms. The van der Waals surface area contributed by atoms with Crippen LogP contribution in [0, 0.1) is 0 Å². The maximum atomic E-state index is 11.0. The third kappa shape index (κ3) is 2.82. The van der Waals surface area contributed by atoms with Crippen LogP contribution in [0.5, 0.6) is 0 Å². The van der Waals surface area contributed by atoms with Gasteiger partial charge in [-0.1, -0.05) is 6.07 Å². The van der Waals surface area contributed by atoms with E-state index in [0.29, 0.717) is 4.88 Å². The monoisotopic (exact) mass is 202 g/mol. The quantitative estimate of drug-likeness (QED) is 0.412. The SMILES string of the molecule is NONC(=O)OC(=O)c1cccs1. The number of ether oxygens (including phenoxy) is 1. The largest absolute Gasteiger partial charge is 0.440 e. The number of carbonyl (C=O) groups excluding carboxylic acids is 2. The van der Waals surface area contributed by atoms with E-state index < -0.39 is 12.1 Å². The van der Waals surface area contributed by atoms with Gasteiger partial charge < -0.3 is 4.74 Å². The number of hydroxylamine groups is 1. The van der Waals surface area contributed by atoms with E-state index in [9.17, 15) is 9.59 Å². The number of rotatable bonds is 2. The Kier molecular flexibility index (Phi) is 3.38. The van der Waals surface area contributed by atoms with Crippen molar-refractivity contribution in [1.82, 2.24) is 5.48 Å². The highest BCUT2D eigenvalue weighted by Crippen LogP contribution is 2.09. The van der Waals surface area contributed by atoms with Crippen LogP contribution < -0.4 is 11.4 Å². The maximum Gasteiger partial charge on any atom is 0.440 e. The van der Waals surface area contributed by atoms with Gasteiger partial charge in [0, 0.05) is 0 Å². The highest BCUT2D eigenvalue weighted by Gasteiger charge is 2.12. The average Bonchev–Trinajstić information content (AvgIpc) is 2.55. The van der Waals surface area contributed by atoms with Crippen molar-refractivity contribution in [3.63, 3.8) is 0 Å². The van der Waals surface area contributed by atoms with Gasteiger partial charge in [0.25, 0.3) is 0 Å². The molecule has 6 nitrogen and oxygen atoms in total. The molecular weight excluding hydrogens is 196 g/mol. The molecule has 0 saturated carbocycles. The van der Waals surface area contributed by atoms with Crippen LogP contribution in [0.1, 0.15) is 9.67 Å². The van der Waals surface area contributed by atoms with Gasteiger partial charge in [0.1, 0.15) is 4.88 Å². The van der Waals surface area contributed by atoms with E-state index in [1.54, 1.807) is 16.9 Å². The Labute approximate surface area is 77.1 Å². The van der Waals surface area contributed by atoms with Crippen LogP contribution in [0.25, 0.3) is 0 Å². The van der Waals surface area contributed by atoms with Gasteiger partial charge in [-0.05, 0) is 11.4 Å². The van der Waals surface area contributed by atoms with Crippen LogP contribution >= 0.6 is 11.3 Å². The third-order valence-electron chi connectivity index (χ3n) is 1.05. The second-order valence-electron chi connectivity index (χ2n) is 1.87. The summed E-state index contributed by atoms with van der Waals surface area (Å²) in [5.41, 5.74) is 1.64. The van der Waals surface area contributed by atoms with E-state index in [-0.39, 0.29) is 0 Å². The number of hydrogen-bond donors (Lipinski definition) is 2. The Hall–Kier alpha value is -1.44. The molecule has 1 aromatic heterocycles. The Morgan fingerprint density at radius 2 is 2.31 bits per heavy atom. The van der Waals surface area contributed by atoms with Crippen molar-refractivity contribution in [3.8, 4) is 0 Å². The number of amides is 1. The van der Waals surface area contributed by atoms with Crippen molar-refractivity contribution in [2.75, 3.05) is 0 Å². The van der Waals surface area contributed by atoms with E-state index in [4.69, 9.17) is 0 Å². The van der Waals surface area contributed by atoms with Gasteiger partial charge in [0.05, 0.1) is 0 Å². The first kappa shape index (κ1) is 9.65. The van der Waals surface area contributed by atoms with Crippen molar-refractivity contribution in [1.29, 1.82) is 0 Å². The molecule has 0 saturated heterocycles. The van der Waals surface area contributed by atoms with Gasteiger partial charge in [-0.2, -0.15) is 16.3 Å². The zero-order valence-electron chi connectivity index (χ0n) is 6.35. The molecule has 1 aromatic rings. The Morgan fingerprint density at radius 3 is 2.85 bits per heavy atom. The average molecular weight is 202 g/mol. The van der Waals surface area contributed by atoms with Crippen molar-refractivity contribution in [2.24, 2.45) is 5.90 Å². The minimum Gasteiger partial charge on any atom is -0.370 e. The smallest absolute Gasteiger partial charge is 0.370 e. The van der Waals surface area contributed by atoms with Crippen LogP contribution in [0.4, 0.5) is 4.79 Å². The predicted octanol–water partition coefficient (Wildman–Crippen LogP) is 0.420. The molecule has 0 aliphatic carbocycles. The number of thiophene rings is 1. The van der Waals surface area contributed by atoms with Crippen LogP contribution in [-0.2, 0) is 9.68 Å². The summed E-state index contributed by atoms with van der Waals surface area (Å²) >= 11 is 1.16. The maximum absolute atomic E-state index is 11.0. The fraction of sp³-hybridized carbons (Fsp3) is 0. The summed E-state index contributed by atoms with van der Waals surface area (Å²) in [5, 5.41) is 1.69. The van der Waals surface area contributed by atoms with E-state index in [1.165, 1.54) is 6.07 Å². The molecule has 0 unspecified atom stereocenters. The lowest BCUT2D eigenvalue weighted by atomic mass is 10.5. The lowest BCUT2D eigenvalue weighted by molar-refractivity contribution is 0.0252. The van der Waals surface area contributed by atoms with E-state index >= 15 is 0 Å². The number of nitrogens with two attached hydrogens (primary N) is 1. The van der Waals surface area contributed by atoms with Crippen LogP contribution in [0.2, 0.25) is 0 Å². The van der Waals surface area contributed by atoms with E-state index in [2.05, 4.69) is 15.6 Å². The molecule has 0 aliphatic heterocycles. The van der Waals surface area contributed by atoms with Crippen molar-refractivity contribution in [2.45, 2.75) is 0 Å². The summed E-state index contributed by atoms with van der Waals surface area (Å²) in [4.78, 5) is 25.7. The first-order chi connectivity index (χ1) is 6.24. The molecule has 1 heterocycles. The Balaban J connectivity index is 2.47. The van der Waals surface area contributed by atoms with Crippen molar-refractivity contribution < 1.29 is 19.3 Å². The summed E-state index contributed by atoms with van der Waals surface area (Å²) < 4.78 is 4.25. The first-order valence-electron chi connectivity index (χ1n) is 3.15. The second-order valence-corrected chi connectivity index (χ2v) is 2.82. The molecule has 0 aromatic carbocycles. The number of nitrogens with one attached hydrogen (secondary N) is 1. The van der Waals surface area contributed by atoms with Crippen molar-refractivity contribution >= 4 is 23.4 Å². The summed E-state index contributed by atoms with van der Waals surface area (Å²) in [6, 6.07) is 3.20. The van der Waals surface area contributed by atoms with Crippen molar-refractivity contribution in [3.05, 3.63) is 22.4 Å². The molecule has 0 radical (unpaired) electrons.